The smallest absolute Gasteiger partial charge is 0.308 e. The highest BCUT2D eigenvalue weighted by atomic mass is 19.2. The van der Waals surface area contributed by atoms with Crippen molar-refractivity contribution >= 4 is 17.4 Å². The van der Waals surface area contributed by atoms with Gasteiger partial charge in [0, 0.05) is 5.69 Å². The van der Waals surface area contributed by atoms with Crippen molar-refractivity contribution < 1.29 is 26.7 Å². The zero-order chi connectivity index (χ0) is 16.4. The van der Waals surface area contributed by atoms with Crippen molar-refractivity contribution in [1.29, 1.82) is 0 Å². The van der Waals surface area contributed by atoms with Crippen LogP contribution in [-0.2, 0) is 0 Å². The summed E-state index contributed by atoms with van der Waals surface area (Å²) in [5.74, 6) is -10.8. The molecular formula is C14H9F5N2O. The van der Waals surface area contributed by atoms with Gasteiger partial charge in [0.25, 0.3) is 0 Å². The van der Waals surface area contributed by atoms with Gasteiger partial charge in [-0.05, 0) is 19.1 Å². The van der Waals surface area contributed by atoms with Crippen LogP contribution in [0.5, 0.6) is 0 Å². The number of anilines is 2. The Balaban J connectivity index is 2.24. The van der Waals surface area contributed by atoms with Crippen molar-refractivity contribution in [1.82, 2.24) is 0 Å². The lowest BCUT2D eigenvalue weighted by atomic mass is 10.2. The summed E-state index contributed by atoms with van der Waals surface area (Å²) in [6, 6.07) is 5.19. The maximum atomic E-state index is 13.4. The number of rotatable bonds is 2. The summed E-state index contributed by atoms with van der Waals surface area (Å²) in [4.78, 5) is 11.6. The van der Waals surface area contributed by atoms with E-state index in [1.54, 1.807) is 24.4 Å². The van der Waals surface area contributed by atoms with E-state index < -0.39 is 40.8 Å². The first-order chi connectivity index (χ1) is 10.3. The van der Waals surface area contributed by atoms with Crippen LogP contribution in [0.15, 0.2) is 24.3 Å². The average Bonchev–Trinajstić information content (AvgIpc) is 2.50. The minimum absolute atomic E-state index is 0.284. The van der Waals surface area contributed by atoms with Crippen LogP contribution in [0.4, 0.5) is 38.1 Å². The Labute approximate surface area is 121 Å². The molecule has 0 saturated carbocycles. The van der Waals surface area contributed by atoms with Crippen molar-refractivity contribution in [3.63, 3.8) is 0 Å². The Morgan fingerprint density at radius 3 is 1.73 bits per heavy atom. The number of amides is 2. The molecule has 0 bridgehead atoms. The fourth-order valence-electron chi connectivity index (χ4n) is 1.63. The van der Waals surface area contributed by atoms with Crippen LogP contribution in [0.1, 0.15) is 5.56 Å². The number of hydrogen-bond acceptors (Lipinski definition) is 1. The lowest BCUT2D eigenvalue weighted by Crippen LogP contribution is -2.22. The molecule has 116 valence electrons. The monoisotopic (exact) mass is 316 g/mol. The Kier molecular flexibility index (Phi) is 4.30. The van der Waals surface area contributed by atoms with E-state index in [0.29, 0.717) is 0 Å². The van der Waals surface area contributed by atoms with Crippen LogP contribution in [-0.4, -0.2) is 6.03 Å². The Hall–Kier alpha value is -2.64. The van der Waals surface area contributed by atoms with E-state index in [9.17, 15) is 26.7 Å². The van der Waals surface area contributed by atoms with E-state index in [4.69, 9.17) is 0 Å². The van der Waals surface area contributed by atoms with Crippen LogP contribution < -0.4 is 10.6 Å². The van der Waals surface area contributed by atoms with Crippen molar-refractivity contribution in [2.24, 2.45) is 0 Å². The van der Waals surface area contributed by atoms with Gasteiger partial charge in [-0.1, -0.05) is 17.7 Å². The van der Waals surface area contributed by atoms with E-state index in [1.807, 2.05) is 0 Å². The minimum Gasteiger partial charge on any atom is -0.308 e. The predicted molar refractivity (Wildman–Crippen MR) is 70.1 cm³/mol. The van der Waals surface area contributed by atoms with Crippen LogP contribution in [0.2, 0.25) is 0 Å². The highest BCUT2D eigenvalue weighted by Crippen LogP contribution is 2.27. The van der Waals surface area contributed by atoms with Crippen LogP contribution in [0.3, 0.4) is 0 Å². The molecule has 22 heavy (non-hydrogen) atoms. The van der Waals surface area contributed by atoms with E-state index in [-0.39, 0.29) is 5.69 Å². The number of nitrogens with one attached hydrogen (secondary N) is 2. The van der Waals surface area contributed by atoms with Gasteiger partial charge >= 0.3 is 6.03 Å². The fourth-order valence-corrected chi connectivity index (χ4v) is 1.63. The summed E-state index contributed by atoms with van der Waals surface area (Å²) in [6.45, 7) is 1.80. The SMILES string of the molecule is Cc1ccc(NC(=O)Nc2c(F)c(F)c(F)c(F)c2F)cc1. The number of carbonyl (C=O) groups is 1. The van der Waals surface area contributed by atoms with Crippen LogP contribution >= 0.6 is 0 Å². The summed E-state index contributed by atoms with van der Waals surface area (Å²) in [6.07, 6.45) is 0. The molecule has 0 unspecified atom stereocenters. The van der Waals surface area contributed by atoms with Gasteiger partial charge in [-0.2, -0.15) is 0 Å². The van der Waals surface area contributed by atoms with Gasteiger partial charge in [0.1, 0.15) is 5.69 Å². The minimum atomic E-state index is -2.29. The lowest BCUT2D eigenvalue weighted by Gasteiger charge is -2.11. The molecule has 8 heteroatoms. The molecule has 2 aromatic carbocycles. The molecule has 2 rings (SSSR count). The van der Waals surface area contributed by atoms with Gasteiger partial charge in [0.2, 0.25) is 5.82 Å². The van der Waals surface area contributed by atoms with Gasteiger partial charge in [0.15, 0.2) is 23.3 Å². The Morgan fingerprint density at radius 1 is 0.773 bits per heavy atom. The molecule has 3 nitrogen and oxygen atoms in total. The van der Waals surface area contributed by atoms with Gasteiger partial charge in [-0.25, -0.2) is 26.7 Å². The first-order valence-electron chi connectivity index (χ1n) is 5.97. The number of carbonyl (C=O) groups excluding carboxylic acids is 1. The maximum absolute atomic E-state index is 13.4. The number of benzene rings is 2. The standard InChI is InChI=1S/C14H9F5N2O/c1-6-2-4-7(5-3-6)20-14(22)21-13-11(18)9(16)8(15)10(17)12(13)19/h2-5H,1H3,(H2,20,21,22). The topological polar surface area (TPSA) is 41.1 Å². The summed E-state index contributed by atoms with van der Waals surface area (Å²) in [5, 5.41) is 3.81. The van der Waals surface area contributed by atoms with E-state index in [0.717, 1.165) is 5.56 Å². The summed E-state index contributed by atoms with van der Waals surface area (Å²) in [5.41, 5.74) is -0.223. The molecule has 2 amide bonds. The molecule has 0 fully saturated rings. The number of aryl methyl sites for hydroxylation is 1. The highest BCUT2D eigenvalue weighted by Gasteiger charge is 2.26. The van der Waals surface area contributed by atoms with E-state index in [2.05, 4.69) is 5.32 Å². The van der Waals surface area contributed by atoms with Crippen LogP contribution in [0, 0.1) is 36.0 Å². The van der Waals surface area contributed by atoms with Crippen molar-refractivity contribution in [3.8, 4) is 0 Å². The summed E-state index contributed by atoms with van der Waals surface area (Å²) < 4.78 is 65.6. The number of halogens is 5. The molecule has 0 aliphatic rings. The van der Waals surface area contributed by atoms with Gasteiger partial charge < -0.3 is 10.6 Å². The molecule has 0 aromatic heterocycles. The van der Waals surface area contributed by atoms with Gasteiger partial charge in [-0.3, -0.25) is 0 Å². The molecule has 0 atom stereocenters. The van der Waals surface area contributed by atoms with Gasteiger partial charge in [0.05, 0.1) is 0 Å². The zero-order valence-corrected chi connectivity index (χ0v) is 11.1. The van der Waals surface area contributed by atoms with Crippen molar-refractivity contribution in [2.75, 3.05) is 10.6 Å². The molecule has 0 radical (unpaired) electrons. The van der Waals surface area contributed by atoms with E-state index >= 15 is 0 Å². The quantitative estimate of drug-likeness (QED) is 0.483. The second-order valence-electron chi connectivity index (χ2n) is 4.39. The third-order valence-corrected chi connectivity index (χ3v) is 2.76. The molecule has 0 spiro atoms. The third kappa shape index (κ3) is 3.00. The molecule has 2 aromatic rings. The normalized spacial score (nSPS) is 10.5. The molecule has 2 N–H and O–H groups in total. The Morgan fingerprint density at radius 2 is 1.23 bits per heavy atom. The molecule has 0 aliphatic carbocycles. The second-order valence-corrected chi connectivity index (χ2v) is 4.39. The van der Waals surface area contributed by atoms with E-state index in [1.165, 1.54) is 12.1 Å². The molecule has 0 heterocycles. The van der Waals surface area contributed by atoms with Gasteiger partial charge in [-0.15, -0.1) is 0 Å². The summed E-state index contributed by atoms with van der Waals surface area (Å²) in [7, 11) is 0. The van der Waals surface area contributed by atoms with Crippen LogP contribution in [0.25, 0.3) is 0 Å². The molecule has 0 aliphatic heterocycles. The zero-order valence-electron chi connectivity index (χ0n) is 11.1. The first kappa shape index (κ1) is 15.7. The average molecular weight is 316 g/mol. The van der Waals surface area contributed by atoms with Crippen molar-refractivity contribution in [2.45, 2.75) is 6.92 Å². The Bertz CT molecular complexity index is 702. The highest BCUT2D eigenvalue weighted by molar-refractivity contribution is 5.99. The third-order valence-electron chi connectivity index (χ3n) is 2.76. The largest absolute Gasteiger partial charge is 0.323 e. The first-order valence-corrected chi connectivity index (χ1v) is 5.97. The molecular weight excluding hydrogens is 307 g/mol. The van der Waals surface area contributed by atoms with Crippen molar-refractivity contribution in [3.05, 3.63) is 58.9 Å². The maximum Gasteiger partial charge on any atom is 0.323 e. The number of urea groups is 1. The lowest BCUT2D eigenvalue weighted by molar-refractivity contribution is 0.261. The second kappa shape index (κ2) is 6.00. The molecule has 0 saturated heterocycles. The number of hydrogen-bond donors (Lipinski definition) is 2. The fraction of sp³-hybridized carbons (Fsp3) is 0.0714. The predicted octanol–water partition coefficient (Wildman–Crippen LogP) is 4.33. The summed E-state index contributed by atoms with van der Waals surface area (Å²) >= 11 is 0.